The van der Waals surface area contributed by atoms with Gasteiger partial charge in [-0.3, -0.25) is 9.74 Å². The minimum Gasteiger partial charge on any atom is -0.467 e. The van der Waals surface area contributed by atoms with Crippen molar-refractivity contribution in [3.05, 3.63) is 35.9 Å². The van der Waals surface area contributed by atoms with Crippen LogP contribution in [0.2, 0.25) is 0 Å². The van der Waals surface area contributed by atoms with Gasteiger partial charge in [-0.05, 0) is 74.0 Å². The van der Waals surface area contributed by atoms with Gasteiger partial charge in [0.15, 0.2) is 0 Å². The van der Waals surface area contributed by atoms with Crippen LogP contribution in [0.15, 0.2) is 30.3 Å². The highest BCUT2D eigenvalue weighted by Crippen LogP contribution is 2.31. The summed E-state index contributed by atoms with van der Waals surface area (Å²) in [5.74, 6) is -0.597. The number of ether oxygens (including phenoxy) is 3. The van der Waals surface area contributed by atoms with Crippen LogP contribution in [0.5, 0.6) is 0 Å². The van der Waals surface area contributed by atoms with Crippen LogP contribution in [0.1, 0.15) is 39.2 Å². The first kappa shape index (κ1) is 27.3. The molecule has 1 heterocycles. The molecule has 0 bridgehead atoms. The zero-order valence-electron chi connectivity index (χ0n) is 18.8. The second-order valence-electron chi connectivity index (χ2n) is 8.30. The van der Waals surface area contributed by atoms with Crippen molar-refractivity contribution in [3.63, 3.8) is 0 Å². The Morgan fingerprint density at radius 1 is 1.06 bits per heavy atom. The van der Waals surface area contributed by atoms with Gasteiger partial charge in [-0.25, -0.2) is 14.4 Å². The highest BCUT2D eigenvalue weighted by molar-refractivity contribution is 6.66. The van der Waals surface area contributed by atoms with Crippen LogP contribution in [-0.4, -0.2) is 63.4 Å². The maximum Gasteiger partial charge on any atom is 0.437 e. The lowest BCUT2D eigenvalue weighted by atomic mass is 9.98. The summed E-state index contributed by atoms with van der Waals surface area (Å²) in [6, 6.07) is 7.47. The first-order valence-corrected chi connectivity index (χ1v) is 11.3. The monoisotopic (exact) mass is 524 g/mol. The number of likely N-dealkylation sites (tertiary alicyclic amines) is 1. The van der Waals surface area contributed by atoms with Gasteiger partial charge in [-0.2, -0.15) is 5.06 Å². The summed E-state index contributed by atoms with van der Waals surface area (Å²) in [5.41, 5.74) is -0.0285. The lowest BCUT2D eigenvalue weighted by Crippen LogP contribution is -2.58. The smallest absolute Gasteiger partial charge is 0.437 e. The maximum atomic E-state index is 12.8. The minimum absolute atomic E-state index is 0.0131. The molecule has 2 atom stereocenters. The van der Waals surface area contributed by atoms with E-state index in [0.717, 1.165) is 10.6 Å². The molecule has 0 saturated carbocycles. The van der Waals surface area contributed by atoms with Crippen molar-refractivity contribution in [1.82, 2.24) is 9.96 Å². The molecule has 0 aromatic heterocycles. The number of hydrogen-bond donors (Lipinski definition) is 0. The quantitative estimate of drug-likeness (QED) is 0.235. The Bertz CT molecular complexity index is 827. The zero-order valence-corrected chi connectivity index (χ0v) is 21.0. The van der Waals surface area contributed by atoms with Gasteiger partial charge in [0.1, 0.15) is 18.2 Å². The SMILES string of the molecule is COC(=O)[C@@H]1CC[C@@H](N(OCc2ccccc2)C(=O)OC(Cl)(Cl)Cl)CN1C(=O)OC(C)(C)C. The molecule has 1 fully saturated rings. The van der Waals surface area contributed by atoms with Crippen molar-refractivity contribution >= 4 is 53.0 Å². The number of amides is 2. The summed E-state index contributed by atoms with van der Waals surface area (Å²) < 4.78 is 12.8. The molecule has 2 rings (SSSR count). The van der Waals surface area contributed by atoms with E-state index in [2.05, 4.69) is 0 Å². The lowest BCUT2D eigenvalue weighted by molar-refractivity contribution is -0.184. The summed E-state index contributed by atoms with van der Waals surface area (Å²) in [4.78, 5) is 44.8. The number of piperidine rings is 1. The molecular formula is C21H27Cl3N2O7. The summed E-state index contributed by atoms with van der Waals surface area (Å²) in [6.45, 7) is 5.02. The predicted octanol–water partition coefficient (Wildman–Crippen LogP) is 4.83. The van der Waals surface area contributed by atoms with E-state index in [1.54, 1.807) is 32.9 Å². The fraction of sp³-hybridized carbons (Fsp3) is 0.571. The molecule has 1 aromatic rings. The molecule has 33 heavy (non-hydrogen) atoms. The molecule has 0 radical (unpaired) electrons. The van der Waals surface area contributed by atoms with Crippen LogP contribution in [0, 0.1) is 0 Å². The minimum atomic E-state index is -2.32. The number of hydroxylamine groups is 2. The number of hydrogen-bond acceptors (Lipinski definition) is 7. The molecule has 1 aliphatic rings. The number of alkyl halides is 3. The lowest BCUT2D eigenvalue weighted by Gasteiger charge is -2.41. The van der Waals surface area contributed by atoms with Gasteiger partial charge in [0.25, 0.3) is 0 Å². The van der Waals surface area contributed by atoms with E-state index in [-0.39, 0.29) is 26.0 Å². The van der Waals surface area contributed by atoms with Crippen molar-refractivity contribution in [2.45, 2.75) is 61.9 Å². The fourth-order valence-electron chi connectivity index (χ4n) is 3.22. The topological polar surface area (TPSA) is 94.6 Å². The zero-order chi connectivity index (χ0) is 24.8. The van der Waals surface area contributed by atoms with Crippen LogP contribution in [0.3, 0.4) is 0 Å². The molecule has 0 aliphatic carbocycles. The van der Waals surface area contributed by atoms with Crippen LogP contribution in [0.4, 0.5) is 9.59 Å². The first-order valence-electron chi connectivity index (χ1n) is 10.1. The number of halogens is 3. The highest BCUT2D eigenvalue weighted by Gasteiger charge is 2.43. The highest BCUT2D eigenvalue weighted by atomic mass is 35.6. The predicted molar refractivity (Wildman–Crippen MR) is 122 cm³/mol. The molecule has 1 aromatic carbocycles. The van der Waals surface area contributed by atoms with E-state index in [9.17, 15) is 14.4 Å². The van der Waals surface area contributed by atoms with Crippen LogP contribution < -0.4 is 0 Å². The Morgan fingerprint density at radius 2 is 1.70 bits per heavy atom. The second kappa shape index (κ2) is 11.5. The van der Waals surface area contributed by atoms with Crippen LogP contribution in [-0.2, 0) is 30.4 Å². The molecule has 12 heteroatoms. The molecule has 184 valence electrons. The molecule has 1 saturated heterocycles. The van der Waals surface area contributed by atoms with Gasteiger partial charge >= 0.3 is 22.1 Å². The van der Waals surface area contributed by atoms with E-state index < -0.39 is 39.8 Å². The summed E-state index contributed by atoms with van der Waals surface area (Å²) in [5, 5.41) is 0.916. The normalized spacial score (nSPS) is 18.9. The molecule has 0 N–H and O–H groups in total. The van der Waals surface area contributed by atoms with Gasteiger partial charge < -0.3 is 14.2 Å². The number of benzene rings is 1. The fourth-order valence-corrected chi connectivity index (χ4v) is 3.41. The molecule has 9 nitrogen and oxygen atoms in total. The average molecular weight is 526 g/mol. The first-order chi connectivity index (χ1) is 15.3. The second-order valence-corrected chi connectivity index (χ2v) is 10.5. The molecule has 0 unspecified atom stereocenters. The Morgan fingerprint density at radius 3 is 2.24 bits per heavy atom. The van der Waals surface area contributed by atoms with E-state index in [1.807, 2.05) is 18.2 Å². The molecular weight excluding hydrogens is 499 g/mol. The number of carbonyl (C=O) groups excluding carboxylic acids is 3. The van der Waals surface area contributed by atoms with Gasteiger partial charge in [-0.1, -0.05) is 30.3 Å². The summed E-state index contributed by atoms with van der Waals surface area (Å²) in [6.07, 6.45) is -1.33. The summed E-state index contributed by atoms with van der Waals surface area (Å²) in [7, 11) is 1.23. The van der Waals surface area contributed by atoms with E-state index >= 15 is 0 Å². The van der Waals surface area contributed by atoms with Crippen molar-refractivity contribution in [1.29, 1.82) is 0 Å². The third kappa shape index (κ3) is 8.73. The third-order valence-electron chi connectivity index (χ3n) is 4.59. The third-order valence-corrected chi connectivity index (χ3v) is 4.82. The number of methoxy groups -OCH3 is 1. The number of esters is 1. The molecule has 1 aliphatic heterocycles. The molecule has 2 amide bonds. The largest absolute Gasteiger partial charge is 0.467 e. The number of rotatable bonds is 5. The van der Waals surface area contributed by atoms with Gasteiger partial charge in [0, 0.05) is 6.54 Å². The van der Waals surface area contributed by atoms with Gasteiger partial charge in [0.05, 0.1) is 13.2 Å². The van der Waals surface area contributed by atoms with Crippen LogP contribution in [0.25, 0.3) is 0 Å². The van der Waals surface area contributed by atoms with E-state index in [0.29, 0.717) is 0 Å². The van der Waals surface area contributed by atoms with Gasteiger partial charge in [0.2, 0.25) is 0 Å². The maximum absolute atomic E-state index is 12.8. The number of nitrogens with zero attached hydrogens (tertiary/aromatic N) is 2. The Labute approximate surface area is 207 Å². The Hall–Kier alpha value is -1.94. The van der Waals surface area contributed by atoms with E-state index in [1.165, 1.54) is 12.0 Å². The Balaban J connectivity index is 2.27. The Kier molecular flexibility index (Phi) is 9.48. The van der Waals surface area contributed by atoms with Crippen molar-refractivity contribution < 1.29 is 33.4 Å². The van der Waals surface area contributed by atoms with Crippen molar-refractivity contribution in [2.24, 2.45) is 0 Å². The van der Waals surface area contributed by atoms with Crippen molar-refractivity contribution in [3.8, 4) is 0 Å². The summed E-state index contributed by atoms with van der Waals surface area (Å²) >= 11 is 16.9. The van der Waals surface area contributed by atoms with Gasteiger partial charge in [-0.15, -0.1) is 0 Å². The molecule has 0 spiro atoms. The average Bonchev–Trinajstić information content (AvgIpc) is 2.71. The number of carbonyl (C=O) groups is 3. The van der Waals surface area contributed by atoms with Crippen molar-refractivity contribution in [2.75, 3.05) is 13.7 Å². The standard InChI is InChI=1S/C21H27Cl3N2O7/c1-20(2,3)32-18(28)25-12-15(10-11-16(25)17(27)30-4)26(19(29)33-21(22,23)24)31-13-14-8-6-5-7-9-14/h5-9,15-16H,10-13H2,1-4H3/t15-,16+/m1/s1. The van der Waals surface area contributed by atoms with Crippen LogP contribution >= 0.6 is 34.8 Å². The van der Waals surface area contributed by atoms with E-state index in [4.69, 9.17) is 53.9 Å².